The van der Waals surface area contributed by atoms with Gasteiger partial charge in [0.2, 0.25) is 0 Å². The molecule has 6 heteroatoms. The van der Waals surface area contributed by atoms with Crippen molar-refractivity contribution in [1.82, 2.24) is 29.1 Å². The molecule has 3 aromatic carbocycles. The minimum absolute atomic E-state index is 0.809. The zero-order chi connectivity index (χ0) is 29.0. The lowest BCUT2D eigenvalue weighted by atomic mass is 10.1. The van der Waals surface area contributed by atoms with Crippen molar-refractivity contribution in [2.24, 2.45) is 0 Å². The van der Waals surface area contributed by atoms with E-state index in [0.717, 1.165) is 61.6 Å². The number of fused-ring (bicyclic) bond motifs is 6. The summed E-state index contributed by atoms with van der Waals surface area (Å²) in [5.74, 6) is 0.830. The molecule has 0 saturated carbocycles. The lowest BCUT2D eigenvalue weighted by molar-refractivity contribution is 1.07. The lowest BCUT2D eigenvalue weighted by Gasteiger charge is -2.11. The van der Waals surface area contributed by atoms with Gasteiger partial charge in [-0.05, 0) is 60.7 Å². The number of hydrogen-bond donors (Lipinski definition) is 0. The van der Waals surface area contributed by atoms with Crippen LogP contribution in [0.1, 0.15) is 0 Å². The van der Waals surface area contributed by atoms with Gasteiger partial charge in [-0.2, -0.15) is 0 Å². The maximum Gasteiger partial charge on any atom is 0.138 e. The van der Waals surface area contributed by atoms with Crippen LogP contribution in [-0.4, -0.2) is 29.1 Å². The van der Waals surface area contributed by atoms with Crippen LogP contribution < -0.4 is 0 Å². The average molecular weight is 565 g/mol. The SMILES string of the molecule is c1cc(-c2cccc(-c3cccc(-n4c5ccccc5c5ccncc54)n3)n2)cc(-n2c3ccccc3c3ccncc32)c1. The van der Waals surface area contributed by atoms with E-state index >= 15 is 0 Å². The second-order valence-corrected chi connectivity index (χ2v) is 10.8. The van der Waals surface area contributed by atoms with E-state index in [2.05, 4.69) is 110 Å². The number of pyridine rings is 4. The van der Waals surface area contributed by atoms with Crippen LogP contribution >= 0.6 is 0 Å². The molecule has 0 amide bonds. The zero-order valence-corrected chi connectivity index (χ0v) is 23.5. The average Bonchev–Trinajstić information content (AvgIpc) is 3.62. The Morgan fingerprint density at radius 3 is 1.73 bits per heavy atom. The summed E-state index contributed by atoms with van der Waals surface area (Å²) in [6.07, 6.45) is 7.53. The first-order valence-electron chi connectivity index (χ1n) is 14.6. The quantitative estimate of drug-likeness (QED) is 0.214. The van der Waals surface area contributed by atoms with Crippen LogP contribution in [0.2, 0.25) is 0 Å². The summed E-state index contributed by atoms with van der Waals surface area (Å²) in [6, 6.07) is 41.8. The van der Waals surface area contributed by atoms with Gasteiger partial charge in [-0.15, -0.1) is 0 Å². The molecular weight excluding hydrogens is 540 g/mol. The van der Waals surface area contributed by atoms with Crippen molar-refractivity contribution in [3.63, 3.8) is 0 Å². The fraction of sp³-hybridized carbons (Fsp3) is 0. The van der Waals surface area contributed by atoms with Crippen LogP contribution in [0.5, 0.6) is 0 Å². The van der Waals surface area contributed by atoms with E-state index in [4.69, 9.17) is 9.97 Å². The first kappa shape index (κ1) is 24.5. The highest BCUT2D eigenvalue weighted by Gasteiger charge is 2.15. The Hall–Kier alpha value is -6.14. The topological polar surface area (TPSA) is 61.4 Å². The van der Waals surface area contributed by atoms with Crippen molar-refractivity contribution >= 4 is 43.6 Å². The molecule has 0 unspecified atom stereocenters. The van der Waals surface area contributed by atoms with Crippen molar-refractivity contribution in [1.29, 1.82) is 0 Å². The van der Waals surface area contributed by atoms with Crippen molar-refractivity contribution in [3.05, 3.63) is 146 Å². The summed E-state index contributed by atoms with van der Waals surface area (Å²) >= 11 is 0. The van der Waals surface area contributed by atoms with E-state index in [1.165, 1.54) is 16.2 Å². The number of aromatic nitrogens is 6. The summed E-state index contributed by atoms with van der Waals surface area (Å²) in [5, 5.41) is 4.73. The Labute approximate surface area is 252 Å². The van der Waals surface area contributed by atoms with E-state index in [9.17, 15) is 0 Å². The third-order valence-corrected chi connectivity index (χ3v) is 8.33. The highest BCUT2D eigenvalue weighted by molar-refractivity contribution is 6.09. The van der Waals surface area contributed by atoms with Gasteiger partial charge in [0.15, 0.2) is 0 Å². The molecule has 0 aliphatic heterocycles. The molecule has 0 aliphatic carbocycles. The van der Waals surface area contributed by atoms with Crippen molar-refractivity contribution < 1.29 is 0 Å². The molecule has 0 saturated heterocycles. The van der Waals surface area contributed by atoms with Gasteiger partial charge in [-0.25, -0.2) is 9.97 Å². The normalized spacial score (nSPS) is 11.6. The smallest absolute Gasteiger partial charge is 0.138 e. The molecule has 0 N–H and O–H groups in total. The molecule has 0 fully saturated rings. The van der Waals surface area contributed by atoms with Gasteiger partial charge >= 0.3 is 0 Å². The summed E-state index contributed by atoms with van der Waals surface area (Å²) in [4.78, 5) is 19.1. The van der Waals surface area contributed by atoms with Crippen LogP contribution in [0.25, 0.3) is 77.8 Å². The van der Waals surface area contributed by atoms with E-state index in [0.29, 0.717) is 0 Å². The van der Waals surface area contributed by atoms with E-state index in [1.807, 2.05) is 55.1 Å². The highest BCUT2D eigenvalue weighted by atomic mass is 15.1. The first-order chi connectivity index (χ1) is 21.8. The third kappa shape index (κ3) is 3.75. The Bertz CT molecular complexity index is 2240. The molecule has 9 aromatic rings. The van der Waals surface area contributed by atoms with E-state index < -0.39 is 0 Å². The van der Waals surface area contributed by atoms with Crippen molar-refractivity contribution in [2.75, 3.05) is 0 Å². The summed E-state index contributed by atoms with van der Waals surface area (Å²) in [7, 11) is 0. The van der Waals surface area contributed by atoms with Gasteiger partial charge in [0.25, 0.3) is 0 Å². The largest absolute Gasteiger partial charge is 0.308 e. The van der Waals surface area contributed by atoms with Crippen molar-refractivity contribution in [2.45, 2.75) is 0 Å². The van der Waals surface area contributed by atoms with Crippen molar-refractivity contribution in [3.8, 4) is 34.2 Å². The molecule has 9 rings (SSSR count). The Kier molecular flexibility index (Phi) is 5.40. The van der Waals surface area contributed by atoms with Crippen LogP contribution in [0.4, 0.5) is 0 Å². The number of para-hydroxylation sites is 2. The predicted octanol–water partition coefficient (Wildman–Crippen LogP) is 8.79. The number of benzene rings is 3. The maximum absolute atomic E-state index is 5.11. The molecule has 6 nitrogen and oxygen atoms in total. The minimum Gasteiger partial charge on any atom is -0.308 e. The Morgan fingerprint density at radius 2 is 0.977 bits per heavy atom. The molecular formula is C38H24N6. The van der Waals surface area contributed by atoms with Crippen LogP contribution in [0.3, 0.4) is 0 Å². The molecule has 44 heavy (non-hydrogen) atoms. The van der Waals surface area contributed by atoms with Gasteiger partial charge in [-0.3, -0.25) is 14.5 Å². The van der Waals surface area contributed by atoms with Crippen LogP contribution in [0.15, 0.2) is 146 Å². The highest BCUT2D eigenvalue weighted by Crippen LogP contribution is 2.34. The monoisotopic (exact) mass is 564 g/mol. The minimum atomic E-state index is 0.809. The third-order valence-electron chi connectivity index (χ3n) is 8.33. The van der Waals surface area contributed by atoms with Crippen LogP contribution in [0, 0.1) is 0 Å². The number of rotatable bonds is 4. The summed E-state index contributed by atoms with van der Waals surface area (Å²) in [6.45, 7) is 0. The van der Waals surface area contributed by atoms with Crippen LogP contribution in [-0.2, 0) is 0 Å². The summed E-state index contributed by atoms with van der Waals surface area (Å²) in [5.41, 5.74) is 8.95. The van der Waals surface area contributed by atoms with Gasteiger partial charge < -0.3 is 4.57 Å². The molecule has 6 aromatic heterocycles. The number of hydrogen-bond acceptors (Lipinski definition) is 4. The second-order valence-electron chi connectivity index (χ2n) is 10.8. The Balaban J connectivity index is 1.15. The standard InChI is InChI=1S/C38H24N6/c1-3-15-34-27(10-1)29-18-20-39-23-36(29)43(34)26-9-5-8-25(22-26)31-12-6-13-32(41-31)33-14-7-17-38(42-33)44-35-16-4-2-11-28(35)30-19-21-40-24-37(30)44/h1-24H. The predicted molar refractivity (Wildman–Crippen MR) is 177 cm³/mol. The maximum atomic E-state index is 5.11. The second kappa shape index (κ2) is 9.71. The Morgan fingerprint density at radius 1 is 0.409 bits per heavy atom. The molecule has 0 spiro atoms. The zero-order valence-electron chi connectivity index (χ0n) is 23.5. The number of nitrogens with zero attached hydrogens (tertiary/aromatic N) is 6. The summed E-state index contributed by atoms with van der Waals surface area (Å²) < 4.78 is 4.45. The molecule has 0 aliphatic rings. The molecule has 0 radical (unpaired) electrons. The first-order valence-corrected chi connectivity index (χ1v) is 14.6. The van der Waals surface area contributed by atoms with Gasteiger partial charge in [-0.1, -0.05) is 60.7 Å². The van der Waals surface area contributed by atoms with Gasteiger partial charge in [0.1, 0.15) is 5.82 Å². The molecule has 0 atom stereocenters. The van der Waals surface area contributed by atoms with Gasteiger partial charge in [0, 0.05) is 45.2 Å². The van der Waals surface area contributed by atoms with E-state index in [1.54, 1.807) is 0 Å². The fourth-order valence-electron chi connectivity index (χ4n) is 6.39. The lowest BCUT2D eigenvalue weighted by Crippen LogP contribution is -1.99. The molecule has 0 bridgehead atoms. The van der Waals surface area contributed by atoms with Gasteiger partial charge in [0.05, 0.1) is 51.5 Å². The molecule has 6 heterocycles. The molecule has 206 valence electrons. The fourth-order valence-corrected chi connectivity index (χ4v) is 6.39. The van der Waals surface area contributed by atoms with E-state index in [-0.39, 0.29) is 0 Å².